The zero-order valence-corrected chi connectivity index (χ0v) is 23.2. The number of allylic oxidation sites excluding steroid dienone is 1. The second-order valence-electron chi connectivity index (χ2n) is 9.06. The van der Waals surface area contributed by atoms with Gasteiger partial charge in [-0.3, -0.25) is 9.59 Å². The van der Waals surface area contributed by atoms with E-state index in [0.29, 0.717) is 43.8 Å². The molecule has 3 rings (SSSR count). The van der Waals surface area contributed by atoms with Crippen LogP contribution < -0.4 is 10.2 Å². The number of hydrogen-bond donors (Lipinski definition) is 1. The molecular weight excluding hydrogens is 500 g/mol. The Balaban J connectivity index is 1.60. The minimum atomic E-state index is -3.89. The molecule has 1 heterocycles. The number of nitrogens with one attached hydrogen (secondary N) is 1. The highest BCUT2D eigenvalue weighted by Gasteiger charge is 2.18. The molecule has 38 heavy (non-hydrogen) atoms. The molecule has 0 aliphatic heterocycles. The number of anilines is 1. The normalized spacial score (nSPS) is 13.1. The molecule has 0 bridgehead atoms. The van der Waals surface area contributed by atoms with Gasteiger partial charge in [-0.05, 0) is 74.7 Å². The molecule has 3 aromatic rings. The molecular formula is C29H36N4O4S. The van der Waals surface area contributed by atoms with Crippen molar-refractivity contribution in [3.8, 4) is 0 Å². The third-order valence-electron chi connectivity index (χ3n) is 6.38. The van der Waals surface area contributed by atoms with Crippen molar-refractivity contribution in [2.75, 3.05) is 11.4 Å². The first-order chi connectivity index (χ1) is 18.2. The van der Waals surface area contributed by atoms with Crippen molar-refractivity contribution in [2.45, 2.75) is 64.3 Å². The van der Waals surface area contributed by atoms with E-state index in [1.165, 1.54) is 19.1 Å². The van der Waals surface area contributed by atoms with Gasteiger partial charge in [-0.25, -0.2) is 0 Å². The van der Waals surface area contributed by atoms with E-state index in [2.05, 4.69) is 9.71 Å². The Bertz CT molecular complexity index is 1420. The van der Waals surface area contributed by atoms with E-state index >= 15 is 0 Å². The zero-order chi connectivity index (χ0) is 27.7. The largest absolute Gasteiger partial charge is 0.350 e. The number of ketones is 1. The van der Waals surface area contributed by atoms with Crippen LogP contribution in [-0.2, 0) is 19.6 Å². The lowest BCUT2D eigenvalue weighted by molar-refractivity contribution is -0.121. The lowest BCUT2D eigenvalue weighted by atomic mass is 10.1. The van der Waals surface area contributed by atoms with Gasteiger partial charge in [-0.2, -0.15) is 8.42 Å². The topological polar surface area (TPSA) is 101 Å². The Morgan fingerprint density at radius 2 is 1.79 bits per heavy atom. The van der Waals surface area contributed by atoms with Crippen LogP contribution in [0.1, 0.15) is 59.4 Å². The summed E-state index contributed by atoms with van der Waals surface area (Å²) in [6.45, 7) is 7.45. The molecule has 2 aromatic carbocycles. The molecule has 0 aliphatic rings. The first kappa shape index (κ1) is 28.8. The van der Waals surface area contributed by atoms with Crippen LogP contribution in [0.3, 0.4) is 0 Å². The highest BCUT2D eigenvalue weighted by molar-refractivity contribution is 7.90. The molecule has 0 fully saturated rings. The SMILES string of the molecule is C/C=C\NC(CC)=NS(=O)(=O)c1ccc(N(CCCCC(=O)[C@H](C)n2ccc3ccccc32)C(C)=O)cc1. The van der Waals surface area contributed by atoms with E-state index in [-0.39, 0.29) is 22.6 Å². The number of hydrogen-bond acceptors (Lipinski definition) is 4. The van der Waals surface area contributed by atoms with Crippen LogP contribution in [-0.4, -0.2) is 37.1 Å². The van der Waals surface area contributed by atoms with Crippen molar-refractivity contribution < 1.29 is 18.0 Å². The van der Waals surface area contributed by atoms with Gasteiger partial charge in [-0.15, -0.1) is 4.40 Å². The number of Topliss-reactive ketones (excluding diaryl/α,β-unsaturated/α-hetero) is 1. The summed E-state index contributed by atoms with van der Waals surface area (Å²) in [5.74, 6) is 0.332. The number of amides is 1. The van der Waals surface area contributed by atoms with Gasteiger partial charge in [-0.1, -0.05) is 31.2 Å². The Hall–Kier alpha value is -3.72. The van der Waals surface area contributed by atoms with E-state index in [9.17, 15) is 18.0 Å². The molecule has 1 amide bonds. The molecule has 8 nitrogen and oxygen atoms in total. The predicted molar refractivity (Wildman–Crippen MR) is 153 cm³/mol. The monoisotopic (exact) mass is 536 g/mol. The number of benzene rings is 2. The number of unbranched alkanes of at least 4 members (excludes halogenated alkanes) is 1. The molecule has 0 unspecified atom stereocenters. The number of para-hydroxylation sites is 1. The summed E-state index contributed by atoms with van der Waals surface area (Å²) >= 11 is 0. The van der Waals surface area contributed by atoms with Crippen LogP contribution in [0.5, 0.6) is 0 Å². The fourth-order valence-corrected chi connectivity index (χ4v) is 5.27. The molecule has 202 valence electrons. The third kappa shape index (κ3) is 7.19. The Morgan fingerprint density at radius 3 is 2.45 bits per heavy atom. The van der Waals surface area contributed by atoms with Gasteiger partial charge in [0.05, 0.1) is 10.9 Å². The predicted octanol–water partition coefficient (Wildman–Crippen LogP) is 5.62. The molecule has 1 atom stereocenters. The van der Waals surface area contributed by atoms with E-state index in [1.54, 1.807) is 29.3 Å². The van der Waals surface area contributed by atoms with Crippen molar-refractivity contribution in [1.29, 1.82) is 0 Å². The number of carbonyl (C=O) groups excluding carboxylic acids is 2. The summed E-state index contributed by atoms with van der Waals surface area (Å²) in [6, 6.07) is 15.9. The first-order valence-corrected chi connectivity index (χ1v) is 14.3. The number of sulfonamides is 1. The number of amidine groups is 1. The summed E-state index contributed by atoms with van der Waals surface area (Å²) in [5.41, 5.74) is 1.63. The first-order valence-electron chi connectivity index (χ1n) is 12.9. The van der Waals surface area contributed by atoms with E-state index in [0.717, 1.165) is 10.9 Å². The summed E-state index contributed by atoms with van der Waals surface area (Å²) in [6.07, 6.45) is 7.46. The highest BCUT2D eigenvalue weighted by atomic mass is 32.2. The quantitative estimate of drug-likeness (QED) is 0.184. The van der Waals surface area contributed by atoms with Crippen LogP contribution in [0, 0.1) is 0 Å². The van der Waals surface area contributed by atoms with Gasteiger partial charge in [0.1, 0.15) is 5.84 Å². The maximum Gasteiger partial charge on any atom is 0.283 e. The summed E-state index contributed by atoms with van der Waals surface area (Å²) in [5, 5.41) is 3.96. The summed E-state index contributed by atoms with van der Waals surface area (Å²) < 4.78 is 31.3. The fraction of sp³-hybridized carbons (Fsp3) is 0.345. The molecule has 1 aromatic heterocycles. The standard InChI is InChI=1S/C29H36N4O4S/c1-5-19-30-29(6-2)31-38(36,37)26-16-14-25(15-17-26)33(23(4)34)20-10-9-13-28(35)22(3)32-21-18-24-11-7-8-12-27(24)32/h5,7-8,11-12,14-19,21-22H,6,9-10,13,20H2,1-4H3,(H,30,31)/b19-5-/t22-/m0/s1. The number of nitrogens with zero attached hydrogens (tertiary/aromatic N) is 3. The lowest BCUT2D eigenvalue weighted by Crippen LogP contribution is -2.29. The van der Waals surface area contributed by atoms with Crippen molar-refractivity contribution in [3.05, 3.63) is 73.1 Å². The Morgan fingerprint density at radius 1 is 1.08 bits per heavy atom. The molecule has 9 heteroatoms. The number of rotatable bonds is 12. The minimum Gasteiger partial charge on any atom is -0.350 e. The van der Waals surface area contributed by atoms with Gasteiger partial charge < -0.3 is 14.8 Å². The van der Waals surface area contributed by atoms with Crippen LogP contribution in [0.2, 0.25) is 0 Å². The van der Waals surface area contributed by atoms with Crippen LogP contribution >= 0.6 is 0 Å². The minimum absolute atomic E-state index is 0.0510. The number of fused-ring (bicyclic) bond motifs is 1. The fourth-order valence-electron chi connectivity index (χ4n) is 4.21. The van der Waals surface area contributed by atoms with Crippen LogP contribution in [0.4, 0.5) is 5.69 Å². The number of carbonyl (C=O) groups is 2. The maximum absolute atomic E-state index is 12.8. The molecule has 0 aliphatic carbocycles. The molecule has 0 spiro atoms. The maximum atomic E-state index is 12.8. The smallest absolute Gasteiger partial charge is 0.283 e. The van der Waals surface area contributed by atoms with Gasteiger partial charge in [0.15, 0.2) is 5.78 Å². The summed E-state index contributed by atoms with van der Waals surface area (Å²) in [7, 11) is -3.89. The van der Waals surface area contributed by atoms with Crippen molar-refractivity contribution in [3.63, 3.8) is 0 Å². The van der Waals surface area contributed by atoms with Gasteiger partial charge in [0, 0.05) is 43.7 Å². The molecule has 1 N–H and O–H groups in total. The van der Waals surface area contributed by atoms with Crippen molar-refractivity contribution >= 4 is 44.1 Å². The second-order valence-corrected chi connectivity index (χ2v) is 10.7. The highest BCUT2D eigenvalue weighted by Crippen LogP contribution is 2.23. The van der Waals surface area contributed by atoms with Crippen molar-refractivity contribution in [1.82, 2.24) is 9.88 Å². The van der Waals surface area contributed by atoms with Gasteiger partial charge >= 0.3 is 0 Å². The summed E-state index contributed by atoms with van der Waals surface area (Å²) in [4.78, 5) is 26.8. The zero-order valence-electron chi connectivity index (χ0n) is 22.4. The van der Waals surface area contributed by atoms with Crippen LogP contribution in [0.15, 0.2) is 82.4 Å². The van der Waals surface area contributed by atoms with E-state index in [4.69, 9.17) is 0 Å². The van der Waals surface area contributed by atoms with Gasteiger partial charge in [0.25, 0.3) is 10.0 Å². The lowest BCUT2D eigenvalue weighted by Gasteiger charge is -2.21. The average Bonchev–Trinajstić information content (AvgIpc) is 3.34. The third-order valence-corrected chi connectivity index (χ3v) is 7.70. The van der Waals surface area contributed by atoms with Gasteiger partial charge in [0.2, 0.25) is 5.91 Å². The van der Waals surface area contributed by atoms with Crippen LogP contribution in [0.25, 0.3) is 10.9 Å². The molecule has 0 saturated heterocycles. The Labute approximate surface area is 225 Å². The van der Waals surface area contributed by atoms with E-state index < -0.39 is 10.0 Å². The Kier molecular flexibility index (Phi) is 10.0. The average molecular weight is 537 g/mol. The molecule has 0 saturated carbocycles. The van der Waals surface area contributed by atoms with Crippen molar-refractivity contribution in [2.24, 2.45) is 4.40 Å². The van der Waals surface area contributed by atoms with E-state index in [1.807, 2.05) is 61.9 Å². The second kappa shape index (κ2) is 13.2. The molecule has 0 radical (unpaired) electrons. The number of aromatic nitrogens is 1.